The second kappa shape index (κ2) is 7.86. The van der Waals surface area contributed by atoms with Crippen molar-refractivity contribution in [3.8, 4) is 0 Å². The Balaban J connectivity index is 0. The molecule has 0 radical (unpaired) electrons. The highest BCUT2D eigenvalue weighted by molar-refractivity contribution is 6.30. The van der Waals surface area contributed by atoms with Crippen LogP contribution in [0.3, 0.4) is 0 Å². The van der Waals surface area contributed by atoms with E-state index in [4.69, 9.17) is 25.9 Å². The van der Waals surface area contributed by atoms with Gasteiger partial charge in [0.2, 0.25) is 0 Å². The second-order valence-electron chi connectivity index (χ2n) is 1.43. The van der Waals surface area contributed by atoms with Crippen molar-refractivity contribution in [2.24, 2.45) is 5.73 Å². The lowest BCUT2D eigenvalue weighted by Gasteiger charge is -1.91. The molecule has 0 rings (SSSR count). The molecule has 0 aromatic heterocycles. The molecule has 56 valence electrons. The van der Waals surface area contributed by atoms with E-state index in [0.29, 0.717) is 6.54 Å². The average Bonchev–Trinajstić information content (AvgIpc) is 1.65. The molecule has 0 aliphatic carbocycles. The molecule has 0 bridgehead atoms. The van der Waals surface area contributed by atoms with Crippen LogP contribution in [-0.2, 0) is 0 Å². The van der Waals surface area contributed by atoms with Gasteiger partial charge >= 0.3 is 7.32 Å². The molecule has 5 nitrogen and oxygen atoms in total. The molecule has 6 N–H and O–H groups in total. The van der Waals surface area contributed by atoms with Gasteiger partial charge in [-0.1, -0.05) is 0 Å². The summed E-state index contributed by atoms with van der Waals surface area (Å²) in [6.07, 6.45) is -0.338. The van der Waals surface area contributed by atoms with E-state index in [9.17, 15) is 0 Å². The van der Waals surface area contributed by atoms with Crippen LogP contribution >= 0.6 is 0 Å². The van der Waals surface area contributed by atoms with Crippen molar-refractivity contribution in [1.29, 1.82) is 0 Å². The normalized spacial score (nSPS) is 11.3. The maximum absolute atomic E-state index is 8.24. The van der Waals surface area contributed by atoms with E-state index in [2.05, 4.69) is 0 Å². The molecule has 0 aromatic rings. The largest absolute Gasteiger partial charge is 0.631 e. The zero-order valence-corrected chi connectivity index (χ0v) is 5.23. The highest BCUT2D eigenvalue weighted by Crippen LogP contribution is 1.65. The third-order valence-electron chi connectivity index (χ3n) is 0.341. The summed E-state index contributed by atoms with van der Waals surface area (Å²) in [7, 11) is -2.17. The number of rotatable bonds is 1. The van der Waals surface area contributed by atoms with E-state index in [1.807, 2.05) is 0 Å². The topological polar surface area (TPSA) is 107 Å². The highest BCUT2D eigenvalue weighted by Gasteiger charge is 1.92. The molecule has 0 aliphatic heterocycles. The van der Waals surface area contributed by atoms with Crippen LogP contribution in [0.1, 0.15) is 6.92 Å². The number of hydrogen-bond donors (Lipinski definition) is 5. The van der Waals surface area contributed by atoms with Crippen molar-refractivity contribution < 1.29 is 20.2 Å². The summed E-state index contributed by atoms with van der Waals surface area (Å²) in [4.78, 5) is 0. The molecule has 1 atom stereocenters. The van der Waals surface area contributed by atoms with Gasteiger partial charge in [0.25, 0.3) is 0 Å². The summed E-state index contributed by atoms with van der Waals surface area (Å²) in [6.45, 7) is 2.01. The van der Waals surface area contributed by atoms with Gasteiger partial charge in [-0.2, -0.15) is 0 Å². The molecular formula is C3H12BNO4. The van der Waals surface area contributed by atoms with Crippen LogP contribution in [0.4, 0.5) is 0 Å². The van der Waals surface area contributed by atoms with Gasteiger partial charge in [-0.05, 0) is 6.92 Å². The standard InChI is InChI=1S/C3H9NO.BH3O3/c1-3(5)2-4;2-1(3)4/h3,5H,2,4H2,1H3;2-4H/t3-;/m1./s1. The fourth-order valence-corrected chi connectivity index (χ4v) is 0. The van der Waals surface area contributed by atoms with Crippen molar-refractivity contribution >= 4 is 7.32 Å². The fourth-order valence-electron chi connectivity index (χ4n) is 0. The summed E-state index contributed by atoms with van der Waals surface area (Å²) in [5.74, 6) is 0. The molecule has 0 amide bonds. The Hall–Kier alpha value is -0.135. The number of hydrogen-bond acceptors (Lipinski definition) is 5. The Morgan fingerprint density at radius 2 is 1.56 bits per heavy atom. The first kappa shape index (κ1) is 11.6. The van der Waals surface area contributed by atoms with E-state index in [0.717, 1.165) is 0 Å². The minimum Gasteiger partial charge on any atom is -0.402 e. The van der Waals surface area contributed by atoms with Gasteiger partial charge in [0.1, 0.15) is 0 Å². The molecular weight excluding hydrogens is 125 g/mol. The number of aliphatic hydroxyl groups excluding tert-OH is 1. The van der Waals surface area contributed by atoms with E-state index in [1.54, 1.807) is 6.92 Å². The van der Waals surface area contributed by atoms with Crippen molar-refractivity contribution in [1.82, 2.24) is 0 Å². The van der Waals surface area contributed by atoms with Gasteiger partial charge < -0.3 is 25.9 Å². The summed E-state index contributed by atoms with van der Waals surface area (Å²) in [5, 5.41) is 29.7. The summed E-state index contributed by atoms with van der Waals surface area (Å²) in [6, 6.07) is 0. The Labute approximate surface area is 53.9 Å². The van der Waals surface area contributed by atoms with Crippen LogP contribution in [0.15, 0.2) is 0 Å². The molecule has 0 heterocycles. The monoisotopic (exact) mass is 137 g/mol. The molecule has 0 spiro atoms. The van der Waals surface area contributed by atoms with E-state index in [-0.39, 0.29) is 6.10 Å². The second-order valence-corrected chi connectivity index (χ2v) is 1.43. The van der Waals surface area contributed by atoms with Crippen LogP contribution in [0.5, 0.6) is 0 Å². The van der Waals surface area contributed by atoms with E-state index < -0.39 is 7.32 Å². The summed E-state index contributed by atoms with van der Waals surface area (Å²) < 4.78 is 0. The van der Waals surface area contributed by atoms with E-state index >= 15 is 0 Å². The Morgan fingerprint density at radius 3 is 1.56 bits per heavy atom. The van der Waals surface area contributed by atoms with Crippen molar-refractivity contribution in [2.75, 3.05) is 6.54 Å². The number of aliphatic hydroxyl groups is 1. The third kappa shape index (κ3) is 77.8. The lowest BCUT2D eigenvalue weighted by molar-refractivity contribution is 0.203. The van der Waals surface area contributed by atoms with Gasteiger partial charge in [0.05, 0.1) is 6.10 Å². The predicted molar refractivity (Wildman–Crippen MR) is 33.1 cm³/mol. The molecule has 0 saturated carbocycles. The van der Waals surface area contributed by atoms with Gasteiger partial charge in [-0.15, -0.1) is 0 Å². The molecule has 6 heteroatoms. The van der Waals surface area contributed by atoms with Crippen LogP contribution in [0, 0.1) is 0 Å². The minimum absolute atomic E-state index is 0.338. The van der Waals surface area contributed by atoms with Crippen LogP contribution in [0.2, 0.25) is 0 Å². The first-order valence-electron chi connectivity index (χ1n) is 2.43. The van der Waals surface area contributed by atoms with Crippen molar-refractivity contribution in [3.05, 3.63) is 0 Å². The third-order valence-corrected chi connectivity index (χ3v) is 0.341. The molecule has 0 aromatic carbocycles. The van der Waals surface area contributed by atoms with Crippen LogP contribution in [-0.4, -0.2) is 40.1 Å². The molecule has 0 unspecified atom stereocenters. The lowest BCUT2D eigenvalue weighted by Crippen LogP contribution is -2.14. The molecule has 0 saturated heterocycles. The maximum Gasteiger partial charge on any atom is 0.631 e. The molecule has 0 aliphatic rings. The van der Waals surface area contributed by atoms with E-state index in [1.165, 1.54) is 0 Å². The maximum atomic E-state index is 8.24. The quantitative estimate of drug-likeness (QED) is 0.252. The fraction of sp³-hybridized carbons (Fsp3) is 1.00. The Bertz CT molecular complexity index is 48.3. The first-order chi connectivity index (χ1) is 4.00. The SMILES string of the molecule is C[C@@H](O)CN.OB(O)O. The van der Waals surface area contributed by atoms with Crippen molar-refractivity contribution in [3.63, 3.8) is 0 Å². The summed E-state index contributed by atoms with van der Waals surface area (Å²) in [5.41, 5.74) is 4.92. The van der Waals surface area contributed by atoms with Crippen LogP contribution in [0.25, 0.3) is 0 Å². The Morgan fingerprint density at radius 1 is 1.44 bits per heavy atom. The minimum atomic E-state index is -2.17. The van der Waals surface area contributed by atoms with Gasteiger partial charge in [-0.25, -0.2) is 0 Å². The average molecular weight is 137 g/mol. The molecule has 0 fully saturated rings. The zero-order valence-electron chi connectivity index (χ0n) is 5.23. The number of nitrogens with two attached hydrogens (primary N) is 1. The highest BCUT2D eigenvalue weighted by atomic mass is 16.5. The molecule has 9 heavy (non-hydrogen) atoms. The smallest absolute Gasteiger partial charge is 0.402 e. The van der Waals surface area contributed by atoms with Crippen LogP contribution < -0.4 is 5.73 Å². The zero-order chi connectivity index (χ0) is 7.86. The summed E-state index contributed by atoms with van der Waals surface area (Å²) >= 11 is 0. The van der Waals surface area contributed by atoms with Gasteiger partial charge in [-0.3, -0.25) is 0 Å². The van der Waals surface area contributed by atoms with Crippen molar-refractivity contribution in [2.45, 2.75) is 13.0 Å². The Kier molecular flexibility index (Phi) is 10.2. The van der Waals surface area contributed by atoms with Gasteiger partial charge in [0.15, 0.2) is 0 Å². The lowest BCUT2D eigenvalue weighted by atomic mass is 10.3. The van der Waals surface area contributed by atoms with Gasteiger partial charge in [0, 0.05) is 6.54 Å². The first-order valence-corrected chi connectivity index (χ1v) is 2.43. The predicted octanol–water partition coefficient (Wildman–Crippen LogP) is -2.73.